The first-order chi connectivity index (χ1) is 15.9. The van der Waals surface area contributed by atoms with Gasteiger partial charge in [-0.1, -0.05) is 0 Å². The minimum absolute atomic E-state index is 0.0412. The summed E-state index contributed by atoms with van der Waals surface area (Å²) in [5, 5.41) is 7.17. The molecule has 1 amide bonds. The third-order valence-corrected chi connectivity index (χ3v) is 7.39. The van der Waals surface area contributed by atoms with Crippen LogP contribution in [0.2, 0.25) is 0 Å². The van der Waals surface area contributed by atoms with Crippen LogP contribution in [0.3, 0.4) is 0 Å². The van der Waals surface area contributed by atoms with Gasteiger partial charge >= 0.3 is 0 Å². The van der Waals surface area contributed by atoms with Gasteiger partial charge in [0.2, 0.25) is 5.88 Å². The van der Waals surface area contributed by atoms with Crippen molar-refractivity contribution >= 4 is 26.8 Å². The zero-order valence-electron chi connectivity index (χ0n) is 18.5. The predicted molar refractivity (Wildman–Crippen MR) is 117 cm³/mol. The van der Waals surface area contributed by atoms with Crippen molar-refractivity contribution in [2.75, 3.05) is 18.1 Å². The van der Waals surface area contributed by atoms with E-state index in [-0.39, 0.29) is 45.8 Å². The fourth-order valence-corrected chi connectivity index (χ4v) is 5.89. The summed E-state index contributed by atoms with van der Waals surface area (Å²) in [5.41, 5.74) is 0.142. The van der Waals surface area contributed by atoms with Crippen molar-refractivity contribution < 1.29 is 31.1 Å². The summed E-state index contributed by atoms with van der Waals surface area (Å²) >= 11 is 0. The largest absolute Gasteiger partial charge is 0.472 e. The molecule has 9 nitrogen and oxygen atoms in total. The topological polar surface area (TPSA) is 116 Å². The van der Waals surface area contributed by atoms with Gasteiger partial charge in [0.15, 0.2) is 22.3 Å². The van der Waals surface area contributed by atoms with Crippen LogP contribution in [0, 0.1) is 5.82 Å². The molecule has 0 saturated carbocycles. The maximum Gasteiger partial charge on any atom is 0.272 e. The van der Waals surface area contributed by atoms with Gasteiger partial charge < -0.3 is 10.1 Å². The number of sulfone groups is 1. The zero-order valence-corrected chi connectivity index (χ0v) is 19.4. The smallest absolute Gasteiger partial charge is 0.272 e. The second-order valence-electron chi connectivity index (χ2n) is 8.73. The fraction of sp³-hybridized carbons (Fsp3) is 0.429. The molecule has 4 rings (SSSR count). The van der Waals surface area contributed by atoms with Gasteiger partial charge in [-0.3, -0.25) is 14.5 Å². The number of hydrogen-bond acceptors (Lipinski definition) is 7. The normalized spacial score (nSPS) is 16.6. The first-order valence-electron chi connectivity index (χ1n) is 10.4. The zero-order chi connectivity index (χ0) is 24.8. The number of hydrogen-bond donors (Lipinski definition) is 1. The number of ether oxygens (including phenoxy) is 1. The van der Waals surface area contributed by atoms with Crippen LogP contribution >= 0.6 is 0 Å². The maximum absolute atomic E-state index is 14.6. The van der Waals surface area contributed by atoms with E-state index in [4.69, 9.17) is 4.74 Å². The highest BCUT2D eigenvalue weighted by atomic mass is 32.2. The first kappa shape index (κ1) is 23.9. The lowest BCUT2D eigenvalue weighted by Crippen LogP contribution is -2.63. The molecule has 3 aromatic heterocycles. The van der Waals surface area contributed by atoms with Gasteiger partial charge in [0.1, 0.15) is 11.2 Å². The lowest BCUT2D eigenvalue weighted by molar-refractivity contribution is 0.0795. The average Bonchev–Trinajstić information content (AvgIpc) is 3.10. The third-order valence-electron chi connectivity index (χ3n) is 5.23. The molecule has 1 aliphatic rings. The van der Waals surface area contributed by atoms with Crippen LogP contribution in [-0.2, 0) is 9.84 Å². The Balaban J connectivity index is 1.72. The molecular weight excluding hydrogens is 475 g/mol. The minimum Gasteiger partial charge on any atom is -0.472 e. The lowest BCUT2D eigenvalue weighted by atomic mass is 10.1. The SMILES string of the molecule is CC(C)n1nc(-c2cc(OCC(F)F)ncc2F)c2ncc(C(=O)NC3(C)CS(=O)(=O)C3)cc21. The van der Waals surface area contributed by atoms with Crippen molar-refractivity contribution in [3.8, 4) is 17.1 Å². The molecule has 1 saturated heterocycles. The van der Waals surface area contributed by atoms with Crippen LogP contribution in [-0.4, -0.2) is 64.2 Å². The van der Waals surface area contributed by atoms with E-state index < -0.39 is 40.1 Å². The highest BCUT2D eigenvalue weighted by Gasteiger charge is 2.45. The summed E-state index contributed by atoms with van der Waals surface area (Å²) in [4.78, 5) is 20.8. The van der Waals surface area contributed by atoms with Crippen molar-refractivity contribution in [1.29, 1.82) is 0 Å². The quantitative estimate of drug-likeness (QED) is 0.534. The Morgan fingerprint density at radius 1 is 1.24 bits per heavy atom. The van der Waals surface area contributed by atoms with Crippen molar-refractivity contribution in [1.82, 2.24) is 25.1 Å². The van der Waals surface area contributed by atoms with E-state index in [9.17, 15) is 26.4 Å². The molecule has 0 atom stereocenters. The van der Waals surface area contributed by atoms with Crippen LogP contribution in [0.4, 0.5) is 13.2 Å². The van der Waals surface area contributed by atoms with Crippen LogP contribution in [0.5, 0.6) is 5.88 Å². The maximum atomic E-state index is 14.6. The third kappa shape index (κ3) is 4.69. The second-order valence-corrected chi connectivity index (χ2v) is 10.8. The van der Waals surface area contributed by atoms with Gasteiger partial charge in [-0.15, -0.1) is 0 Å². The molecule has 182 valence electrons. The number of pyridine rings is 2. The molecule has 13 heteroatoms. The van der Waals surface area contributed by atoms with Gasteiger partial charge in [-0.2, -0.15) is 5.10 Å². The highest BCUT2D eigenvalue weighted by molar-refractivity contribution is 7.93. The van der Waals surface area contributed by atoms with Gasteiger partial charge in [0.05, 0.1) is 34.3 Å². The number of halogens is 3. The van der Waals surface area contributed by atoms with Crippen molar-refractivity contribution in [3.05, 3.63) is 35.9 Å². The molecule has 0 spiro atoms. The van der Waals surface area contributed by atoms with E-state index >= 15 is 0 Å². The van der Waals surface area contributed by atoms with E-state index in [1.54, 1.807) is 11.6 Å². The van der Waals surface area contributed by atoms with E-state index in [1.807, 2.05) is 13.8 Å². The van der Waals surface area contributed by atoms with E-state index in [0.717, 1.165) is 6.20 Å². The first-order valence-corrected chi connectivity index (χ1v) is 12.2. The van der Waals surface area contributed by atoms with E-state index in [2.05, 4.69) is 20.4 Å². The van der Waals surface area contributed by atoms with Crippen molar-refractivity contribution in [2.24, 2.45) is 0 Å². The monoisotopic (exact) mass is 497 g/mol. The molecular formula is C21H22F3N5O4S. The summed E-state index contributed by atoms with van der Waals surface area (Å²) in [6, 6.07) is 2.52. The summed E-state index contributed by atoms with van der Waals surface area (Å²) in [7, 11) is -3.15. The van der Waals surface area contributed by atoms with Gasteiger partial charge in [0.25, 0.3) is 12.3 Å². The van der Waals surface area contributed by atoms with Crippen LogP contribution in [0.25, 0.3) is 22.3 Å². The van der Waals surface area contributed by atoms with Gasteiger partial charge in [-0.05, 0) is 26.8 Å². The Hall–Kier alpha value is -3.22. The average molecular weight is 497 g/mol. The van der Waals surface area contributed by atoms with E-state index in [1.165, 1.54) is 18.3 Å². The molecule has 0 bridgehead atoms. The Morgan fingerprint density at radius 2 is 1.94 bits per heavy atom. The van der Waals surface area contributed by atoms with Crippen LogP contribution in [0.15, 0.2) is 24.5 Å². The predicted octanol–water partition coefficient (Wildman–Crippen LogP) is 2.77. The number of carbonyl (C=O) groups excluding carboxylic acids is 1. The number of amides is 1. The van der Waals surface area contributed by atoms with Gasteiger partial charge in [0, 0.05) is 23.9 Å². The second kappa shape index (κ2) is 8.53. The molecule has 0 unspecified atom stereocenters. The molecule has 0 radical (unpaired) electrons. The van der Waals surface area contributed by atoms with Crippen LogP contribution < -0.4 is 10.1 Å². The number of carbonyl (C=O) groups is 1. The molecule has 3 aromatic rings. The Bertz CT molecular complexity index is 1360. The molecule has 1 fully saturated rings. The van der Waals surface area contributed by atoms with Crippen LogP contribution in [0.1, 0.15) is 37.2 Å². The number of fused-ring (bicyclic) bond motifs is 1. The van der Waals surface area contributed by atoms with Crippen molar-refractivity contribution in [2.45, 2.75) is 38.8 Å². The number of nitrogens with zero attached hydrogens (tertiary/aromatic N) is 4. The summed E-state index contributed by atoms with van der Waals surface area (Å²) < 4.78 is 69.1. The lowest BCUT2D eigenvalue weighted by Gasteiger charge is -2.38. The van der Waals surface area contributed by atoms with E-state index in [0.29, 0.717) is 5.52 Å². The summed E-state index contributed by atoms with van der Waals surface area (Å²) in [6.07, 6.45) is -0.576. The van der Waals surface area contributed by atoms with Crippen molar-refractivity contribution in [3.63, 3.8) is 0 Å². The number of alkyl halides is 2. The highest BCUT2D eigenvalue weighted by Crippen LogP contribution is 2.32. The Morgan fingerprint density at radius 3 is 2.56 bits per heavy atom. The Labute approximate surface area is 193 Å². The standard InChI is InChI=1S/C21H22F3N5O4S/c1-11(2)29-15-4-12(20(30)27-21(3)9-34(31,32)10-21)6-26-19(15)18(28-29)13-5-17(25-7-14(13)22)33-8-16(23)24/h4-7,11,16H,8-10H2,1-3H3,(H,27,30). The number of nitrogens with one attached hydrogen (secondary N) is 1. The molecule has 0 aliphatic carbocycles. The molecule has 1 N–H and O–H groups in total. The summed E-state index contributed by atoms with van der Waals surface area (Å²) in [5.74, 6) is -1.73. The number of aromatic nitrogens is 4. The summed E-state index contributed by atoms with van der Waals surface area (Å²) in [6.45, 7) is 4.43. The molecule has 1 aliphatic heterocycles. The molecule has 0 aromatic carbocycles. The molecule has 34 heavy (non-hydrogen) atoms. The fourth-order valence-electron chi connectivity index (χ4n) is 3.89. The Kier molecular flexibility index (Phi) is 6.00. The molecule has 4 heterocycles. The number of rotatable bonds is 7. The minimum atomic E-state index is -3.15. The van der Waals surface area contributed by atoms with Gasteiger partial charge in [-0.25, -0.2) is 26.6 Å².